The highest BCUT2D eigenvalue weighted by Crippen LogP contribution is 2.22. The second-order valence-electron chi connectivity index (χ2n) is 4.86. The van der Waals surface area contributed by atoms with Crippen molar-refractivity contribution in [2.45, 2.75) is 6.61 Å². The molecule has 0 saturated heterocycles. The maximum Gasteiger partial charge on any atom is 0.387 e. The molecule has 5 nitrogen and oxygen atoms in total. The Bertz CT molecular complexity index is 933. The minimum Gasteiger partial charge on any atom is -0.435 e. The van der Waals surface area contributed by atoms with E-state index in [1.54, 1.807) is 24.3 Å². The average molecular weight is 364 g/mol. The fourth-order valence-corrected chi connectivity index (χ4v) is 2.22. The van der Waals surface area contributed by atoms with Gasteiger partial charge in [-0.1, -0.05) is 12.1 Å². The number of nitrogens with one attached hydrogen (secondary N) is 1. The molecule has 0 aliphatic rings. The van der Waals surface area contributed by atoms with Crippen LogP contribution in [-0.2, 0) is 0 Å². The van der Waals surface area contributed by atoms with E-state index in [9.17, 15) is 13.2 Å². The molecule has 128 valence electrons. The van der Waals surface area contributed by atoms with Crippen LogP contribution in [-0.4, -0.2) is 27.7 Å². The molecule has 3 aromatic rings. The number of alkyl halides is 2. The highest BCUT2D eigenvalue weighted by atomic mass is 32.1. The lowest BCUT2D eigenvalue weighted by atomic mass is 10.2. The first kappa shape index (κ1) is 16.9. The van der Waals surface area contributed by atoms with Crippen LogP contribution >= 0.6 is 12.2 Å². The number of aromatic nitrogens is 3. The average Bonchev–Trinajstić information content (AvgIpc) is 2.95. The summed E-state index contributed by atoms with van der Waals surface area (Å²) in [5, 5.41) is 10.9. The van der Waals surface area contributed by atoms with Crippen LogP contribution in [0.15, 0.2) is 53.6 Å². The maximum atomic E-state index is 12.9. The van der Waals surface area contributed by atoms with Crippen molar-refractivity contribution in [1.82, 2.24) is 14.9 Å². The van der Waals surface area contributed by atoms with Gasteiger partial charge in [-0.2, -0.15) is 23.7 Å². The van der Waals surface area contributed by atoms with Crippen molar-refractivity contribution in [3.8, 4) is 17.1 Å². The number of ether oxygens (including phenoxy) is 1. The summed E-state index contributed by atoms with van der Waals surface area (Å²) in [5.74, 6) is 0.0880. The molecule has 1 N–H and O–H groups in total. The third-order valence-electron chi connectivity index (χ3n) is 3.18. The van der Waals surface area contributed by atoms with E-state index in [2.05, 4.69) is 20.0 Å². The lowest BCUT2D eigenvalue weighted by molar-refractivity contribution is -0.0498. The molecular formula is C16H11F3N4OS. The number of H-pyrrole nitrogens is 1. The first-order valence-corrected chi connectivity index (χ1v) is 7.46. The Labute approximate surface area is 145 Å². The number of hydrogen-bond donors (Lipinski definition) is 1. The molecule has 0 aliphatic heterocycles. The second-order valence-corrected chi connectivity index (χ2v) is 5.25. The molecule has 0 unspecified atom stereocenters. The van der Waals surface area contributed by atoms with Crippen molar-refractivity contribution in [1.29, 1.82) is 0 Å². The summed E-state index contributed by atoms with van der Waals surface area (Å²) >= 11 is 5.14. The molecule has 0 aliphatic carbocycles. The lowest BCUT2D eigenvalue weighted by Crippen LogP contribution is -2.01. The Kier molecular flexibility index (Phi) is 4.94. The molecule has 0 bridgehead atoms. The van der Waals surface area contributed by atoms with Crippen LogP contribution in [0.4, 0.5) is 13.2 Å². The van der Waals surface area contributed by atoms with Gasteiger partial charge >= 0.3 is 6.61 Å². The fraction of sp³-hybridized carbons (Fsp3) is 0.0625. The highest BCUT2D eigenvalue weighted by molar-refractivity contribution is 7.71. The molecule has 2 aromatic carbocycles. The quantitative estimate of drug-likeness (QED) is 0.544. The van der Waals surface area contributed by atoms with E-state index in [0.29, 0.717) is 17.0 Å². The van der Waals surface area contributed by atoms with Crippen molar-refractivity contribution in [2.75, 3.05) is 0 Å². The van der Waals surface area contributed by atoms with Gasteiger partial charge in [0.2, 0.25) is 4.77 Å². The van der Waals surface area contributed by atoms with Crippen LogP contribution < -0.4 is 4.74 Å². The minimum absolute atomic E-state index is 0.0363. The summed E-state index contributed by atoms with van der Waals surface area (Å²) in [6, 6.07) is 11.7. The van der Waals surface area contributed by atoms with Gasteiger partial charge in [0.1, 0.15) is 11.6 Å². The molecule has 0 spiro atoms. The number of halogens is 3. The van der Waals surface area contributed by atoms with Crippen LogP contribution in [0.5, 0.6) is 5.75 Å². The van der Waals surface area contributed by atoms with Gasteiger partial charge < -0.3 is 4.74 Å². The first-order chi connectivity index (χ1) is 12.0. The van der Waals surface area contributed by atoms with E-state index in [-0.39, 0.29) is 16.3 Å². The zero-order valence-corrected chi connectivity index (χ0v) is 13.4. The standard InChI is InChI=1S/C16H11F3N4OS/c17-12-5-1-10(2-6-12)9-20-23-14(21-22-16(23)25)11-3-7-13(8-4-11)24-15(18)19/h1-9,15H,(H,22,25). The summed E-state index contributed by atoms with van der Waals surface area (Å²) in [6.45, 7) is -2.89. The zero-order valence-electron chi connectivity index (χ0n) is 12.6. The number of rotatable bonds is 5. The van der Waals surface area contributed by atoms with E-state index >= 15 is 0 Å². The molecule has 0 radical (unpaired) electrons. The Morgan fingerprint density at radius 3 is 2.44 bits per heavy atom. The Balaban J connectivity index is 1.88. The van der Waals surface area contributed by atoms with Crippen molar-refractivity contribution < 1.29 is 17.9 Å². The minimum atomic E-state index is -2.89. The number of hydrogen-bond acceptors (Lipinski definition) is 4. The predicted octanol–water partition coefficient (Wildman–Crippen LogP) is 4.23. The molecule has 25 heavy (non-hydrogen) atoms. The van der Waals surface area contributed by atoms with E-state index in [1.807, 2.05) is 0 Å². The summed E-state index contributed by atoms with van der Waals surface area (Å²) in [5.41, 5.74) is 1.28. The monoisotopic (exact) mass is 364 g/mol. The lowest BCUT2D eigenvalue weighted by Gasteiger charge is -2.05. The second kappa shape index (κ2) is 7.31. The third-order valence-corrected chi connectivity index (χ3v) is 3.44. The number of nitrogens with zero attached hydrogens (tertiary/aromatic N) is 3. The van der Waals surface area contributed by atoms with E-state index in [0.717, 1.165) is 0 Å². The van der Waals surface area contributed by atoms with Gasteiger partial charge in [0.05, 0.1) is 6.21 Å². The normalized spacial score (nSPS) is 11.4. The fourth-order valence-electron chi connectivity index (χ4n) is 2.04. The molecule has 0 amide bonds. The van der Waals surface area contributed by atoms with Gasteiger partial charge in [0.15, 0.2) is 5.82 Å². The Morgan fingerprint density at radius 2 is 1.80 bits per heavy atom. The van der Waals surface area contributed by atoms with Gasteiger partial charge in [-0.3, -0.25) is 0 Å². The van der Waals surface area contributed by atoms with E-state index in [4.69, 9.17) is 12.2 Å². The number of aromatic amines is 1. The molecule has 1 aromatic heterocycles. The van der Waals surface area contributed by atoms with Crippen molar-refractivity contribution in [3.05, 3.63) is 64.7 Å². The zero-order chi connectivity index (χ0) is 17.8. The molecule has 0 saturated carbocycles. The van der Waals surface area contributed by atoms with Gasteiger partial charge in [0, 0.05) is 5.56 Å². The molecule has 0 atom stereocenters. The van der Waals surface area contributed by atoms with E-state index < -0.39 is 6.61 Å². The van der Waals surface area contributed by atoms with E-state index in [1.165, 1.54) is 35.2 Å². The summed E-state index contributed by atoms with van der Waals surface area (Å²) in [7, 11) is 0. The van der Waals surface area contributed by atoms with Crippen LogP contribution in [0.25, 0.3) is 11.4 Å². The molecule has 9 heteroatoms. The smallest absolute Gasteiger partial charge is 0.387 e. The highest BCUT2D eigenvalue weighted by Gasteiger charge is 2.09. The molecule has 3 rings (SSSR count). The van der Waals surface area contributed by atoms with Gasteiger partial charge in [-0.15, -0.1) is 0 Å². The first-order valence-electron chi connectivity index (χ1n) is 7.05. The predicted molar refractivity (Wildman–Crippen MR) is 88.9 cm³/mol. The Hall–Kier alpha value is -2.94. The third kappa shape index (κ3) is 4.13. The Morgan fingerprint density at radius 1 is 1.12 bits per heavy atom. The number of benzene rings is 2. The molecular weight excluding hydrogens is 353 g/mol. The molecule has 0 fully saturated rings. The van der Waals surface area contributed by atoms with Crippen LogP contribution in [0, 0.1) is 10.6 Å². The summed E-state index contributed by atoms with van der Waals surface area (Å²) in [6.07, 6.45) is 1.50. The summed E-state index contributed by atoms with van der Waals surface area (Å²) < 4.78 is 43.3. The van der Waals surface area contributed by atoms with Crippen LogP contribution in [0.1, 0.15) is 5.56 Å². The SMILES string of the molecule is Fc1ccc(C=Nn2c(-c3ccc(OC(F)F)cc3)n[nH]c2=S)cc1. The van der Waals surface area contributed by atoms with Crippen molar-refractivity contribution in [2.24, 2.45) is 5.10 Å². The van der Waals surface area contributed by atoms with Crippen LogP contribution in [0.2, 0.25) is 0 Å². The van der Waals surface area contributed by atoms with Crippen molar-refractivity contribution >= 4 is 18.4 Å². The summed E-state index contributed by atoms with van der Waals surface area (Å²) in [4.78, 5) is 0. The van der Waals surface area contributed by atoms with Crippen LogP contribution in [0.3, 0.4) is 0 Å². The van der Waals surface area contributed by atoms with Gasteiger partial charge in [-0.25, -0.2) is 9.49 Å². The van der Waals surface area contributed by atoms with Gasteiger partial charge in [-0.05, 0) is 54.2 Å². The maximum absolute atomic E-state index is 12.9. The van der Waals surface area contributed by atoms with Crippen molar-refractivity contribution in [3.63, 3.8) is 0 Å². The largest absolute Gasteiger partial charge is 0.435 e. The topological polar surface area (TPSA) is 55.2 Å². The molecule has 1 heterocycles. The van der Waals surface area contributed by atoms with Gasteiger partial charge in [0.25, 0.3) is 0 Å².